The quantitative estimate of drug-likeness (QED) is 0.896. The van der Waals surface area contributed by atoms with Crippen molar-refractivity contribution in [2.45, 2.75) is 33.4 Å². The number of amides is 1. The van der Waals surface area contributed by atoms with Crippen molar-refractivity contribution in [1.29, 1.82) is 0 Å². The molecule has 0 spiro atoms. The van der Waals surface area contributed by atoms with Crippen LogP contribution in [0, 0.1) is 25.5 Å². The van der Waals surface area contributed by atoms with Gasteiger partial charge in [-0.15, -0.1) is 0 Å². The van der Waals surface area contributed by atoms with E-state index in [1.54, 1.807) is 6.92 Å². The Morgan fingerprint density at radius 3 is 2.46 bits per heavy atom. The third-order valence-electron chi connectivity index (χ3n) is 4.15. The summed E-state index contributed by atoms with van der Waals surface area (Å²) in [5.74, 6) is -2.19. The summed E-state index contributed by atoms with van der Waals surface area (Å²) in [6, 6.07) is 9.10. The lowest BCUT2D eigenvalue weighted by Gasteiger charge is -2.24. The Labute approximate surface area is 141 Å². The molecule has 2 aromatic rings. The maximum absolute atomic E-state index is 13.2. The molecule has 0 fully saturated rings. The highest BCUT2D eigenvalue weighted by Crippen LogP contribution is 2.16. The first kappa shape index (κ1) is 18.1. The first-order valence-electron chi connectivity index (χ1n) is 7.80. The van der Waals surface area contributed by atoms with E-state index >= 15 is 0 Å². The molecule has 3 nitrogen and oxygen atoms in total. The predicted molar refractivity (Wildman–Crippen MR) is 91.8 cm³/mol. The largest absolute Gasteiger partial charge is 0.325 e. The van der Waals surface area contributed by atoms with Crippen LogP contribution in [0.1, 0.15) is 23.6 Å². The highest BCUT2D eigenvalue weighted by molar-refractivity contribution is 5.94. The van der Waals surface area contributed by atoms with Crippen LogP contribution in [0.4, 0.5) is 14.5 Å². The van der Waals surface area contributed by atoms with Crippen molar-refractivity contribution in [3.63, 3.8) is 0 Å². The van der Waals surface area contributed by atoms with Gasteiger partial charge in [-0.25, -0.2) is 8.78 Å². The van der Waals surface area contributed by atoms with Crippen molar-refractivity contribution in [2.24, 2.45) is 0 Å². The first-order chi connectivity index (χ1) is 11.3. The topological polar surface area (TPSA) is 32.3 Å². The summed E-state index contributed by atoms with van der Waals surface area (Å²) in [6.45, 7) is 6.48. The third-order valence-corrected chi connectivity index (χ3v) is 4.15. The van der Waals surface area contributed by atoms with Gasteiger partial charge < -0.3 is 5.32 Å². The van der Waals surface area contributed by atoms with E-state index in [2.05, 4.69) is 17.4 Å². The van der Waals surface area contributed by atoms with E-state index in [4.69, 9.17) is 0 Å². The number of carbonyl (C=O) groups excluding carboxylic acids is 1. The van der Waals surface area contributed by atoms with Gasteiger partial charge in [0.05, 0.1) is 6.04 Å². The number of anilines is 1. The minimum Gasteiger partial charge on any atom is -0.325 e. The van der Waals surface area contributed by atoms with Gasteiger partial charge in [0.25, 0.3) is 0 Å². The molecule has 0 saturated carbocycles. The molecule has 2 rings (SSSR count). The average Bonchev–Trinajstić information content (AvgIpc) is 2.52. The van der Waals surface area contributed by atoms with E-state index in [0.29, 0.717) is 6.54 Å². The van der Waals surface area contributed by atoms with Crippen molar-refractivity contribution < 1.29 is 13.6 Å². The van der Waals surface area contributed by atoms with Crippen LogP contribution in [0.2, 0.25) is 0 Å². The lowest BCUT2D eigenvalue weighted by Crippen LogP contribution is -2.39. The second-order valence-electron chi connectivity index (χ2n) is 6.14. The van der Waals surface area contributed by atoms with Crippen molar-refractivity contribution in [3.05, 3.63) is 64.7 Å². The minimum absolute atomic E-state index is 0.241. The van der Waals surface area contributed by atoms with Crippen molar-refractivity contribution in [3.8, 4) is 0 Å². The van der Waals surface area contributed by atoms with Gasteiger partial charge in [-0.2, -0.15) is 0 Å². The van der Waals surface area contributed by atoms with Gasteiger partial charge in [-0.3, -0.25) is 9.69 Å². The fraction of sp³-hybridized carbons (Fsp3) is 0.316. The zero-order chi connectivity index (χ0) is 17.9. The monoisotopic (exact) mass is 332 g/mol. The van der Waals surface area contributed by atoms with E-state index in [0.717, 1.165) is 17.7 Å². The smallest absolute Gasteiger partial charge is 0.241 e. The van der Waals surface area contributed by atoms with Gasteiger partial charge in [0.1, 0.15) is 0 Å². The van der Waals surface area contributed by atoms with Gasteiger partial charge in [0.2, 0.25) is 5.91 Å². The second kappa shape index (κ2) is 7.53. The van der Waals surface area contributed by atoms with Crippen LogP contribution in [0.25, 0.3) is 0 Å². The average molecular weight is 332 g/mol. The molecular weight excluding hydrogens is 310 g/mol. The van der Waals surface area contributed by atoms with Crippen LogP contribution >= 0.6 is 0 Å². The Morgan fingerprint density at radius 1 is 1.12 bits per heavy atom. The molecule has 5 heteroatoms. The zero-order valence-corrected chi connectivity index (χ0v) is 14.4. The summed E-state index contributed by atoms with van der Waals surface area (Å²) in [5.41, 5.74) is 3.76. The number of rotatable bonds is 5. The highest BCUT2D eigenvalue weighted by atomic mass is 19.2. The second-order valence-corrected chi connectivity index (χ2v) is 6.14. The first-order valence-corrected chi connectivity index (χ1v) is 7.80. The molecule has 1 amide bonds. The fourth-order valence-electron chi connectivity index (χ4n) is 2.45. The molecule has 1 unspecified atom stereocenters. The number of nitrogens with zero attached hydrogens (tertiary/aromatic N) is 1. The lowest BCUT2D eigenvalue weighted by atomic mass is 10.0. The maximum Gasteiger partial charge on any atom is 0.241 e. The van der Waals surface area contributed by atoms with Gasteiger partial charge in [0.15, 0.2) is 11.6 Å². The summed E-state index contributed by atoms with van der Waals surface area (Å²) in [6.07, 6.45) is 0. The maximum atomic E-state index is 13.2. The molecule has 1 atom stereocenters. The van der Waals surface area contributed by atoms with Crippen LogP contribution in [-0.2, 0) is 11.3 Å². The van der Waals surface area contributed by atoms with Crippen molar-refractivity contribution >= 4 is 11.6 Å². The SMILES string of the molecule is Cc1ccc(CN(C)C(C)C(=O)Nc2ccc(F)c(F)c2)c(C)c1. The molecule has 0 bridgehead atoms. The number of aryl methyl sites for hydroxylation is 2. The van der Waals surface area contributed by atoms with E-state index in [1.807, 2.05) is 31.9 Å². The Bertz CT molecular complexity index is 746. The molecule has 128 valence electrons. The molecule has 0 aliphatic heterocycles. The van der Waals surface area contributed by atoms with Crippen LogP contribution < -0.4 is 5.32 Å². The van der Waals surface area contributed by atoms with Crippen LogP contribution in [0.15, 0.2) is 36.4 Å². The fourth-order valence-corrected chi connectivity index (χ4v) is 2.45. The molecule has 2 aromatic carbocycles. The standard InChI is InChI=1S/C19H22F2N2O/c1-12-5-6-15(13(2)9-12)11-23(4)14(3)19(24)22-16-7-8-17(20)18(21)10-16/h5-10,14H,11H2,1-4H3,(H,22,24). The molecule has 0 aliphatic rings. The van der Waals surface area contributed by atoms with Crippen LogP contribution in [-0.4, -0.2) is 23.9 Å². The number of likely N-dealkylation sites (N-methyl/N-ethyl adjacent to an activating group) is 1. The predicted octanol–water partition coefficient (Wildman–Crippen LogP) is 4.04. The molecule has 0 saturated heterocycles. The van der Waals surface area contributed by atoms with Gasteiger partial charge in [-0.05, 0) is 51.1 Å². The zero-order valence-electron chi connectivity index (χ0n) is 14.4. The Morgan fingerprint density at radius 2 is 1.83 bits per heavy atom. The number of benzene rings is 2. The number of hydrogen-bond donors (Lipinski definition) is 1. The molecule has 1 N–H and O–H groups in total. The summed E-state index contributed by atoms with van der Waals surface area (Å²) in [4.78, 5) is 14.2. The summed E-state index contributed by atoms with van der Waals surface area (Å²) < 4.78 is 26.2. The summed E-state index contributed by atoms with van der Waals surface area (Å²) >= 11 is 0. The molecule has 24 heavy (non-hydrogen) atoms. The molecular formula is C19H22F2N2O. The molecule has 0 aromatic heterocycles. The number of nitrogens with one attached hydrogen (secondary N) is 1. The molecule has 0 aliphatic carbocycles. The lowest BCUT2D eigenvalue weighted by molar-refractivity contribution is -0.120. The van der Waals surface area contributed by atoms with Gasteiger partial charge in [0, 0.05) is 18.3 Å². The van der Waals surface area contributed by atoms with Gasteiger partial charge >= 0.3 is 0 Å². The van der Waals surface area contributed by atoms with Crippen molar-refractivity contribution in [1.82, 2.24) is 4.90 Å². The van der Waals surface area contributed by atoms with E-state index < -0.39 is 17.7 Å². The number of carbonyl (C=O) groups is 1. The van der Waals surface area contributed by atoms with Gasteiger partial charge in [-0.1, -0.05) is 23.8 Å². The summed E-state index contributed by atoms with van der Waals surface area (Å²) in [7, 11) is 1.86. The Kier molecular flexibility index (Phi) is 5.67. The molecule has 0 radical (unpaired) electrons. The molecule has 0 heterocycles. The Hall–Kier alpha value is -2.27. The van der Waals surface area contributed by atoms with Crippen LogP contribution in [0.3, 0.4) is 0 Å². The van der Waals surface area contributed by atoms with Crippen molar-refractivity contribution in [2.75, 3.05) is 12.4 Å². The minimum atomic E-state index is -0.982. The summed E-state index contributed by atoms with van der Waals surface area (Å²) in [5, 5.41) is 2.61. The van der Waals surface area contributed by atoms with E-state index in [-0.39, 0.29) is 11.6 Å². The highest BCUT2D eigenvalue weighted by Gasteiger charge is 2.19. The third kappa shape index (κ3) is 4.38. The van der Waals surface area contributed by atoms with Crippen LogP contribution in [0.5, 0.6) is 0 Å². The Balaban J connectivity index is 2.02. The normalized spacial score (nSPS) is 12.3. The number of halogens is 2. The van der Waals surface area contributed by atoms with E-state index in [9.17, 15) is 13.6 Å². The van der Waals surface area contributed by atoms with E-state index in [1.165, 1.54) is 17.2 Å². The number of hydrogen-bond acceptors (Lipinski definition) is 2.